The summed E-state index contributed by atoms with van der Waals surface area (Å²) in [4.78, 5) is 23.7. The van der Waals surface area contributed by atoms with Crippen molar-refractivity contribution >= 4 is 11.6 Å². The standard InChI is InChI=1S/C14H15N3O4/c1-10-7-12(15-21-10)9-16(2)14(18)8-11-3-5-13(6-4-11)17(19)20/h3-7H,8-9H2,1-2H3. The Morgan fingerprint density at radius 1 is 1.38 bits per heavy atom. The van der Waals surface area contributed by atoms with Crippen LogP contribution >= 0.6 is 0 Å². The fraction of sp³-hybridized carbons (Fsp3) is 0.286. The van der Waals surface area contributed by atoms with E-state index in [9.17, 15) is 14.9 Å². The Balaban J connectivity index is 1.95. The lowest BCUT2D eigenvalue weighted by Crippen LogP contribution is -2.27. The molecule has 110 valence electrons. The molecule has 1 aromatic carbocycles. The molecule has 2 aromatic rings. The van der Waals surface area contributed by atoms with Gasteiger partial charge < -0.3 is 9.42 Å². The number of nitro groups is 1. The second-order valence-electron chi connectivity index (χ2n) is 4.78. The molecule has 7 heteroatoms. The zero-order chi connectivity index (χ0) is 15.4. The van der Waals surface area contributed by atoms with E-state index < -0.39 is 4.92 Å². The number of benzene rings is 1. The number of non-ortho nitro benzene ring substituents is 1. The zero-order valence-corrected chi connectivity index (χ0v) is 11.8. The third-order valence-electron chi connectivity index (χ3n) is 3.00. The number of hydrogen-bond acceptors (Lipinski definition) is 5. The van der Waals surface area contributed by atoms with Gasteiger partial charge in [-0.2, -0.15) is 0 Å². The molecule has 21 heavy (non-hydrogen) atoms. The number of aryl methyl sites for hydroxylation is 1. The molecule has 0 aliphatic carbocycles. The average Bonchev–Trinajstić information content (AvgIpc) is 2.84. The van der Waals surface area contributed by atoms with Crippen molar-refractivity contribution in [3.8, 4) is 0 Å². The Hall–Kier alpha value is -2.70. The van der Waals surface area contributed by atoms with Crippen molar-refractivity contribution < 1.29 is 14.2 Å². The lowest BCUT2D eigenvalue weighted by atomic mass is 10.1. The quantitative estimate of drug-likeness (QED) is 0.621. The van der Waals surface area contributed by atoms with Gasteiger partial charge >= 0.3 is 0 Å². The van der Waals surface area contributed by atoms with Crippen LogP contribution in [0.1, 0.15) is 17.0 Å². The molecule has 0 N–H and O–H groups in total. The minimum absolute atomic E-state index is 0.0117. The molecule has 0 saturated heterocycles. The first-order chi connectivity index (χ1) is 9.95. The fourth-order valence-electron chi connectivity index (χ4n) is 1.87. The lowest BCUT2D eigenvalue weighted by molar-refractivity contribution is -0.384. The van der Waals surface area contributed by atoms with Gasteiger partial charge in [-0.15, -0.1) is 0 Å². The summed E-state index contributed by atoms with van der Waals surface area (Å²) in [7, 11) is 1.68. The summed E-state index contributed by atoms with van der Waals surface area (Å²) in [6, 6.07) is 7.73. The second kappa shape index (κ2) is 6.17. The highest BCUT2D eigenvalue weighted by atomic mass is 16.6. The van der Waals surface area contributed by atoms with Crippen LogP contribution in [-0.2, 0) is 17.8 Å². The monoisotopic (exact) mass is 289 g/mol. The van der Waals surface area contributed by atoms with Gasteiger partial charge in [0, 0.05) is 25.2 Å². The molecule has 0 atom stereocenters. The lowest BCUT2D eigenvalue weighted by Gasteiger charge is -2.15. The van der Waals surface area contributed by atoms with Crippen LogP contribution in [0, 0.1) is 17.0 Å². The van der Waals surface area contributed by atoms with Crippen molar-refractivity contribution in [2.75, 3.05) is 7.05 Å². The van der Waals surface area contributed by atoms with Gasteiger partial charge in [-0.1, -0.05) is 17.3 Å². The number of carbonyl (C=O) groups is 1. The van der Waals surface area contributed by atoms with Gasteiger partial charge in [0.25, 0.3) is 5.69 Å². The Labute approximate surface area is 121 Å². The minimum Gasteiger partial charge on any atom is -0.361 e. The summed E-state index contributed by atoms with van der Waals surface area (Å²) in [5, 5.41) is 14.4. The zero-order valence-electron chi connectivity index (χ0n) is 11.8. The molecule has 2 rings (SSSR count). The smallest absolute Gasteiger partial charge is 0.269 e. The van der Waals surface area contributed by atoms with Gasteiger partial charge in [-0.3, -0.25) is 14.9 Å². The Kier molecular flexibility index (Phi) is 4.32. The number of hydrogen-bond donors (Lipinski definition) is 0. The predicted molar refractivity (Wildman–Crippen MR) is 74.5 cm³/mol. The summed E-state index contributed by atoms with van der Waals surface area (Å²) in [6.45, 7) is 2.15. The largest absolute Gasteiger partial charge is 0.361 e. The predicted octanol–water partition coefficient (Wildman–Crippen LogP) is 2.09. The summed E-state index contributed by atoms with van der Waals surface area (Å²) in [6.07, 6.45) is 0.186. The van der Waals surface area contributed by atoms with Crippen molar-refractivity contribution in [3.05, 3.63) is 57.5 Å². The van der Waals surface area contributed by atoms with Crippen LogP contribution in [0.15, 0.2) is 34.9 Å². The summed E-state index contributed by atoms with van der Waals surface area (Å²) in [5.41, 5.74) is 1.43. The maximum Gasteiger partial charge on any atom is 0.269 e. The molecule has 1 aromatic heterocycles. The molecule has 0 radical (unpaired) electrons. The number of nitrogens with zero attached hydrogens (tertiary/aromatic N) is 3. The normalized spacial score (nSPS) is 10.4. The SMILES string of the molecule is Cc1cc(CN(C)C(=O)Cc2ccc([N+](=O)[O-])cc2)no1. The molecule has 0 fully saturated rings. The van der Waals surface area contributed by atoms with E-state index in [2.05, 4.69) is 5.16 Å². The molecule has 0 bridgehead atoms. The van der Waals surface area contributed by atoms with E-state index in [1.165, 1.54) is 12.1 Å². The number of aromatic nitrogens is 1. The van der Waals surface area contributed by atoms with E-state index in [-0.39, 0.29) is 18.0 Å². The van der Waals surface area contributed by atoms with E-state index >= 15 is 0 Å². The molecular formula is C14H15N3O4. The van der Waals surface area contributed by atoms with E-state index in [1.54, 1.807) is 37.1 Å². The van der Waals surface area contributed by atoms with E-state index in [1.807, 2.05) is 0 Å². The van der Waals surface area contributed by atoms with Crippen molar-refractivity contribution in [1.29, 1.82) is 0 Å². The first-order valence-corrected chi connectivity index (χ1v) is 6.35. The van der Waals surface area contributed by atoms with Crippen LogP contribution in [0.25, 0.3) is 0 Å². The molecule has 1 amide bonds. The highest BCUT2D eigenvalue weighted by Gasteiger charge is 2.13. The van der Waals surface area contributed by atoms with Crippen molar-refractivity contribution in [2.45, 2.75) is 19.9 Å². The maximum atomic E-state index is 12.1. The van der Waals surface area contributed by atoms with Gasteiger partial charge in [0.15, 0.2) is 0 Å². The van der Waals surface area contributed by atoms with E-state index in [0.717, 1.165) is 5.56 Å². The third-order valence-corrected chi connectivity index (χ3v) is 3.00. The van der Waals surface area contributed by atoms with Crippen molar-refractivity contribution in [2.24, 2.45) is 0 Å². The van der Waals surface area contributed by atoms with E-state index in [0.29, 0.717) is 18.0 Å². The van der Waals surface area contributed by atoms with E-state index in [4.69, 9.17) is 4.52 Å². The van der Waals surface area contributed by atoms with Crippen LogP contribution in [0.3, 0.4) is 0 Å². The maximum absolute atomic E-state index is 12.1. The van der Waals surface area contributed by atoms with Gasteiger partial charge in [0.2, 0.25) is 5.91 Å². The summed E-state index contributed by atoms with van der Waals surface area (Å²) >= 11 is 0. The topological polar surface area (TPSA) is 89.5 Å². The first kappa shape index (κ1) is 14.7. The van der Waals surface area contributed by atoms with Gasteiger partial charge in [-0.05, 0) is 12.5 Å². The number of likely N-dealkylation sites (N-methyl/N-ethyl adjacent to an activating group) is 1. The Bertz CT molecular complexity index is 648. The van der Waals surface area contributed by atoms with Crippen LogP contribution < -0.4 is 0 Å². The molecular weight excluding hydrogens is 274 g/mol. The van der Waals surface area contributed by atoms with Crippen LogP contribution in [0.5, 0.6) is 0 Å². The molecule has 0 saturated carbocycles. The van der Waals surface area contributed by atoms with Gasteiger partial charge in [0.1, 0.15) is 11.5 Å². The Morgan fingerprint density at radius 3 is 2.57 bits per heavy atom. The number of rotatable bonds is 5. The molecule has 0 aliphatic heterocycles. The number of amides is 1. The number of nitro benzene ring substituents is 1. The van der Waals surface area contributed by atoms with Crippen molar-refractivity contribution in [1.82, 2.24) is 10.1 Å². The summed E-state index contributed by atoms with van der Waals surface area (Å²) < 4.78 is 4.95. The van der Waals surface area contributed by atoms with Gasteiger partial charge in [0.05, 0.1) is 17.9 Å². The Morgan fingerprint density at radius 2 is 2.05 bits per heavy atom. The molecule has 0 aliphatic rings. The second-order valence-corrected chi connectivity index (χ2v) is 4.78. The minimum atomic E-state index is -0.468. The van der Waals surface area contributed by atoms with Crippen molar-refractivity contribution in [3.63, 3.8) is 0 Å². The fourth-order valence-corrected chi connectivity index (χ4v) is 1.87. The molecule has 7 nitrogen and oxygen atoms in total. The third kappa shape index (κ3) is 3.88. The van der Waals surface area contributed by atoms with Crippen LogP contribution in [0.4, 0.5) is 5.69 Å². The number of carbonyl (C=O) groups excluding carboxylic acids is 1. The average molecular weight is 289 g/mol. The van der Waals surface area contributed by atoms with Crippen LogP contribution in [0.2, 0.25) is 0 Å². The highest BCUT2D eigenvalue weighted by molar-refractivity contribution is 5.78. The molecule has 1 heterocycles. The molecule has 0 unspecified atom stereocenters. The first-order valence-electron chi connectivity index (χ1n) is 6.35. The van der Waals surface area contributed by atoms with Gasteiger partial charge in [-0.25, -0.2) is 0 Å². The molecule has 0 spiro atoms. The summed E-state index contributed by atoms with van der Waals surface area (Å²) in [5.74, 6) is 0.603. The van der Waals surface area contributed by atoms with Crippen LogP contribution in [-0.4, -0.2) is 27.9 Å². The highest BCUT2D eigenvalue weighted by Crippen LogP contribution is 2.13.